The maximum absolute atomic E-state index is 12.6. The van der Waals surface area contributed by atoms with E-state index in [0.29, 0.717) is 22.3 Å². The van der Waals surface area contributed by atoms with Gasteiger partial charge in [0.15, 0.2) is 0 Å². The number of ether oxygens (including phenoxy) is 1. The second-order valence-corrected chi connectivity index (χ2v) is 5.95. The molecular formula is C22H16N2O4. The first kappa shape index (κ1) is 18.8. The number of carbonyl (C=O) groups excluding carboxylic acids is 1. The molecule has 0 saturated carbocycles. The number of hydrogen-bond acceptors (Lipinski definition) is 5. The molecule has 0 N–H and O–H groups in total. The number of nitrogens with zero attached hydrogens (tertiary/aromatic N) is 2. The minimum Gasteiger partial charge on any atom is -0.462 e. The molecule has 3 rings (SSSR count). The Bertz CT molecular complexity index is 1070. The lowest BCUT2D eigenvalue weighted by atomic mass is 9.93. The van der Waals surface area contributed by atoms with E-state index in [9.17, 15) is 14.9 Å². The van der Waals surface area contributed by atoms with Crippen LogP contribution in [0.2, 0.25) is 0 Å². The normalized spacial score (nSPS) is 10.1. The van der Waals surface area contributed by atoms with Crippen LogP contribution in [0.4, 0.5) is 5.69 Å². The number of nitro groups is 1. The predicted molar refractivity (Wildman–Crippen MR) is 105 cm³/mol. The Morgan fingerprint density at radius 3 is 2.25 bits per heavy atom. The first-order valence-electron chi connectivity index (χ1n) is 8.60. The Labute approximate surface area is 161 Å². The highest BCUT2D eigenvalue weighted by molar-refractivity contribution is 6.00. The average Bonchev–Trinajstić information content (AvgIpc) is 2.73. The van der Waals surface area contributed by atoms with Gasteiger partial charge in [-0.05, 0) is 36.2 Å². The standard InChI is InChI=1S/C22H16N2O4/c1-2-28-22(25)20-12-19(17-10-8-15(14-23)9-11-17)21(24(26)27)13-18(20)16-6-4-3-5-7-16/h3-13H,2H2,1H3. The van der Waals surface area contributed by atoms with Crippen LogP contribution in [-0.4, -0.2) is 17.5 Å². The van der Waals surface area contributed by atoms with E-state index in [1.54, 1.807) is 55.5 Å². The van der Waals surface area contributed by atoms with Gasteiger partial charge in [0.1, 0.15) is 0 Å². The summed E-state index contributed by atoms with van der Waals surface area (Å²) in [4.78, 5) is 23.8. The first-order valence-corrected chi connectivity index (χ1v) is 8.60. The van der Waals surface area contributed by atoms with Gasteiger partial charge in [-0.25, -0.2) is 4.79 Å². The van der Waals surface area contributed by atoms with Crippen LogP contribution in [-0.2, 0) is 4.74 Å². The number of esters is 1. The molecule has 28 heavy (non-hydrogen) atoms. The van der Waals surface area contributed by atoms with E-state index in [4.69, 9.17) is 10.00 Å². The molecule has 0 amide bonds. The van der Waals surface area contributed by atoms with Crippen LogP contribution < -0.4 is 0 Å². The quantitative estimate of drug-likeness (QED) is 0.358. The van der Waals surface area contributed by atoms with Crippen molar-refractivity contribution in [3.63, 3.8) is 0 Å². The maximum Gasteiger partial charge on any atom is 0.338 e. The Morgan fingerprint density at radius 1 is 1.04 bits per heavy atom. The molecule has 0 aliphatic heterocycles. The fraction of sp³-hybridized carbons (Fsp3) is 0.0909. The van der Waals surface area contributed by atoms with Gasteiger partial charge in [0.25, 0.3) is 5.69 Å². The molecular weight excluding hydrogens is 356 g/mol. The van der Waals surface area contributed by atoms with Crippen molar-refractivity contribution in [3.05, 3.63) is 88.0 Å². The van der Waals surface area contributed by atoms with Crippen molar-refractivity contribution >= 4 is 11.7 Å². The Balaban J connectivity index is 2.27. The molecule has 0 unspecified atom stereocenters. The monoisotopic (exact) mass is 372 g/mol. The van der Waals surface area contributed by atoms with E-state index in [0.717, 1.165) is 0 Å². The number of benzene rings is 3. The molecule has 3 aromatic rings. The van der Waals surface area contributed by atoms with Crippen molar-refractivity contribution < 1.29 is 14.5 Å². The van der Waals surface area contributed by atoms with E-state index in [1.165, 1.54) is 12.1 Å². The van der Waals surface area contributed by atoms with Crippen LogP contribution in [0.3, 0.4) is 0 Å². The molecule has 0 fully saturated rings. The maximum atomic E-state index is 12.6. The largest absolute Gasteiger partial charge is 0.462 e. The van der Waals surface area contributed by atoms with Crippen molar-refractivity contribution in [1.82, 2.24) is 0 Å². The second-order valence-electron chi connectivity index (χ2n) is 5.95. The Hall–Kier alpha value is -3.98. The molecule has 0 bridgehead atoms. The fourth-order valence-electron chi connectivity index (χ4n) is 2.93. The minimum atomic E-state index is -0.550. The summed E-state index contributed by atoms with van der Waals surface area (Å²) >= 11 is 0. The van der Waals surface area contributed by atoms with Crippen LogP contribution in [0, 0.1) is 21.4 Å². The van der Waals surface area contributed by atoms with Crippen LogP contribution in [0.25, 0.3) is 22.3 Å². The first-order chi connectivity index (χ1) is 13.5. The van der Waals surface area contributed by atoms with Crippen molar-refractivity contribution in [3.8, 4) is 28.3 Å². The van der Waals surface area contributed by atoms with E-state index in [2.05, 4.69) is 0 Å². The second kappa shape index (κ2) is 8.14. The third kappa shape index (κ3) is 3.74. The van der Waals surface area contributed by atoms with Crippen molar-refractivity contribution in [1.29, 1.82) is 5.26 Å². The highest BCUT2D eigenvalue weighted by atomic mass is 16.6. The number of nitro benzene ring substituents is 1. The molecule has 0 saturated heterocycles. The van der Waals surface area contributed by atoms with Gasteiger partial charge in [-0.15, -0.1) is 0 Å². The third-order valence-corrected chi connectivity index (χ3v) is 4.24. The zero-order valence-corrected chi connectivity index (χ0v) is 15.1. The highest BCUT2D eigenvalue weighted by Crippen LogP contribution is 2.37. The summed E-state index contributed by atoms with van der Waals surface area (Å²) in [6.07, 6.45) is 0. The lowest BCUT2D eigenvalue weighted by molar-refractivity contribution is -0.384. The Morgan fingerprint density at radius 2 is 1.68 bits per heavy atom. The summed E-state index contributed by atoms with van der Waals surface area (Å²) < 4.78 is 5.17. The molecule has 0 radical (unpaired) electrons. The van der Waals surface area contributed by atoms with Gasteiger partial charge in [-0.2, -0.15) is 5.26 Å². The zero-order valence-electron chi connectivity index (χ0n) is 15.1. The van der Waals surface area contributed by atoms with E-state index < -0.39 is 10.9 Å². The molecule has 0 atom stereocenters. The van der Waals surface area contributed by atoms with Gasteiger partial charge in [0, 0.05) is 11.6 Å². The number of hydrogen-bond donors (Lipinski definition) is 0. The molecule has 0 heterocycles. The van der Waals surface area contributed by atoms with Crippen molar-refractivity contribution in [2.45, 2.75) is 6.92 Å². The third-order valence-electron chi connectivity index (χ3n) is 4.24. The highest BCUT2D eigenvalue weighted by Gasteiger charge is 2.24. The van der Waals surface area contributed by atoms with Gasteiger partial charge in [-0.3, -0.25) is 10.1 Å². The average molecular weight is 372 g/mol. The number of carbonyl (C=O) groups is 1. The summed E-state index contributed by atoms with van der Waals surface area (Å²) in [7, 11) is 0. The van der Waals surface area contributed by atoms with Gasteiger partial charge in [0.2, 0.25) is 0 Å². The van der Waals surface area contributed by atoms with Crippen LogP contribution in [0.1, 0.15) is 22.8 Å². The van der Waals surface area contributed by atoms with Crippen LogP contribution in [0.5, 0.6) is 0 Å². The SMILES string of the molecule is CCOC(=O)c1cc(-c2ccc(C#N)cc2)c([N+](=O)[O-])cc1-c1ccccc1. The van der Waals surface area contributed by atoms with E-state index in [-0.39, 0.29) is 23.4 Å². The van der Waals surface area contributed by atoms with Gasteiger partial charge in [0.05, 0.1) is 34.3 Å². The smallest absolute Gasteiger partial charge is 0.338 e. The summed E-state index contributed by atoms with van der Waals surface area (Å²) in [6.45, 7) is 1.89. The minimum absolute atomic E-state index is 0.128. The number of rotatable bonds is 5. The molecule has 0 aromatic heterocycles. The van der Waals surface area contributed by atoms with Crippen LogP contribution >= 0.6 is 0 Å². The lowest BCUT2D eigenvalue weighted by Crippen LogP contribution is -2.08. The summed E-state index contributed by atoms with van der Waals surface area (Å²) in [5.74, 6) is -0.550. The molecule has 0 aliphatic carbocycles. The summed E-state index contributed by atoms with van der Waals surface area (Å²) in [6, 6.07) is 20.3. The van der Waals surface area contributed by atoms with Crippen molar-refractivity contribution in [2.75, 3.05) is 6.61 Å². The Kier molecular flexibility index (Phi) is 5.47. The number of nitriles is 1. The molecule has 0 aliphatic rings. The molecule has 6 nitrogen and oxygen atoms in total. The fourth-order valence-corrected chi connectivity index (χ4v) is 2.93. The molecule has 3 aromatic carbocycles. The molecule has 138 valence electrons. The molecule has 6 heteroatoms. The topological polar surface area (TPSA) is 93.2 Å². The summed E-state index contributed by atoms with van der Waals surface area (Å²) in [5.41, 5.74) is 2.50. The zero-order chi connectivity index (χ0) is 20.1. The summed E-state index contributed by atoms with van der Waals surface area (Å²) in [5, 5.41) is 20.7. The van der Waals surface area contributed by atoms with Gasteiger partial charge in [-0.1, -0.05) is 42.5 Å². The molecule has 0 spiro atoms. The van der Waals surface area contributed by atoms with E-state index in [1.807, 2.05) is 12.1 Å². The van der Waals surface area contributed by atoms with E-state index >= 15 is 0 Å². The van der Waals surface area contributed by atoms with Gasteiger partial charge >= 0.3 is 5.97 Å². The van der Waals surface area contributed by atoms with Gasteiger partial charge < -0.3 is 4.74 Å². The van der Waals surface area contributed by atoms with Crippen LogP contribution in [0.15, 0.2) is 66.7 Å². The van der Waals surface area contributed by atoms with Crippen molar-refractivity contribution in [2.24, 2.45) is 0 Å². The predicted octanol–water partition coefficient (Wildman–Crippen LogP) is 4.98. The lowest BCUT2D eigenvalue weighted by Gasteiger charge is -2.12.